The summed E-state index contributed by atoms with van der Waals surface area (Å²) in [5, 5.41) is 0. The highest BCUT2D eigenvalue weighted by atomic mass is 16.5. The van der Waals surface area contributed by atoms with E-state index in [1.807, 2.05) is 42.2 Å². The van der Waals surface area contributed by atoms with Crippen LogP contribution < -0.4 is 4.90 Å². The van der Waals surface area contributed by atoms with E-state index in [4.69, 9.17) is 4.74 Å². The summed E-state index contributed by atoms with van der Waals surface area (Å²) in [6, 6.07) is 20.7. The van der Waals surface area contributed by atoms with Crippen LogP contribution in [-0.2, 0) is 16.0 Å². The van der Waals surface area contributed by atoms with E-state index in [0.717, 1.165) is 38.2 Å². The molecule has 2 atom stereocenters. The Morgan fingerprint density at radius 2 is 1.78 bits per heavy atom. The summed E-state index contributed by atoms with van der Waals surface area (Å²) in [5.41, 5.74) is 2.33. The molecule has 2 aromatic carbocycles. The molecule has 2 aromatic rings. The molecule has 1 saturated heterocycles. The number of carbonyl (C=O) groups is 1. The molecule has 1 fully saturated rings. The second kappa shape index (κ2) is 9.67. The summed E-state index contributed by atoms with van der Waals surface area (Å²) in [6.07, 6.45) is 2.48. The monoisotopic (exact) mass is 366 g/mol. The number of methoxy groups -OCH3 is 1. The summed E-state index contributed by atoms with van der Waals surface area (Å²) in [6.45, 7) is 4.78. The smallest absolute Gasteiger partial charge is 0.227 e. The number of piperidine rings is 1. The second-order valence-corrected chi connectivity index (χ2v) is 7.12. The highest BCUT2D eigenvalue weighted by Gasteiger charge is 2.36. The Labute approximate surface area is 162 Å². The van der Waals surface area contributed by atoms with E-state index >= 15 is 0 Å². The summed E-state index contributed by atoms with van der Waals surface area (Å²) in [5.74, 6) is 0.158. The van der Waals surface area contributed by atoms with Gasteiger partial charge in [0.25, 0.3) is 0 Å². The first kappa shape index (κ1) is 19.6. The van der Waals surface area contributed by atoms with Gasteiger partial charge < -0.3 is 14.5 Å². The molecule has 0 radical (unpaired) electrons. The van der Waals surface area contributed by atoms with Gasteiger partial charge in [-0.3, -0.25) is 4.79 Å². The Kier molecular flexibility index (Phi) is 7.02. The predicted molar refractivity (Wildman–Crippen MR) is 110 cm³/mol. The van der Waals surface area contributed by atoms with Crippen molar-refractivity contribution in [3.05, 3.63) is 66.2 Å². The lowest BCUT2D eigenvalue weighted by Gasteiger charge is -2.43. The average Bonchev–Trinajstić information content (AvgIpc) is 2.74. The van der Waals surface area contributed by atoms with Crippen LogP contribution in [0.15, 0.2) is 60.7 Å². The number of anilines is 1. The van der Waals surface area contributed by atoms with Gasteiger partial charge in [0.2, 0.25) is 5.91 Å². The van der Waals surface area contributed by atoms with Crippen molar-refractivity contribution in [2.45, 2.75) is 38.3 Å². The number of carbonyl (C=O) groups excluding carboxylic acids is 1. The van der Waals surface area contributed by atoms with E-state index < -0.39 is 0 Å². The second-order valence-electron chi connectivity index (χ2n) is 7.12. The molecular formula is C23H30N2O2. The molecule has 4 nitrogen and oxygen atoms in total. The number of amides is 1. The largest absolute Gasteiger partial charge is 0.378 e. The van der Waals surface area contributed by atoms with Crippen LogP contribution in [0, 0.1) is 0 Å². The Bertz CT molecular complexity index is 705. The van der Waals surface area contributed by atoms with Crippen LogP contribution in [0.5, 0.6) is 0 Å². The third-order valence-corrected chi connectivity index (χ3v) is 5.41. The molecule has 1 aliphatic rings. The summed E-state index contributed by atoms with van der Waals surface area (Å²) in [7, 11) is 1.76. The lowest BCUT2D eigenvalue weighted by Crippen LogP contribution is -2.57. The molecule has 1 aliphatic heterocycles. The fourth-order valence-corrected chi connectivity index (χ4v) is 3.91. The van der Waals surface area contributed by atoms with Crippen molar-refractivity contribution in [3.8, 4) is 0 Å². The van der Waals surface area contributed by atoms with Gasteiger partial charge in [0.05, 0.1) is 12.1 Å². The summed E-state index contributed by atoms with van der Waals surface area (Å²) < 4.78 is 5.85. The number of para-hydroxylation sites is 1. The van der Waals surface area contributed by atoms with Gasteiger partial charge >= 0.3 is 0 Å². The molecule has 27 heavy (non-hydrogen) atoms. The maximum Gasteiger partial charge on any atom is 0.227 e. The third-order valence-electron chi connectivity index (χ3n) is 5.41. The van der Waals surface area contributed by atoms with E-state index in [9.17, 15) is 4.79 Å². The van der Waals surface area contributed by atoms with Crippen molar-refractivity contribution in [2.75, 3.05) is 31.6 Å². The van der Waals surface area contributed by atoms with Crippen molar-refractivity contribution in [2.24, 2.45) is 0 Å². The summed E-state index contributed by atoms with van der Waals surface area (Å²) >= 11 is 0. The van der Waals surface area contributed by atoms with Gasteiger partial charge in [-0.15, -0.1) is 0 Å². The number of rotatable bonds is 7. The molecule has 0 saturated carbocycles. The SMILES string of the molecule is CCC(=O)N(c1ccccc1)C1CCN(CCc2ccccc2)CC1OC. The maximum atomic E-state index is 12.7. The lowest BCUT2D eigenvalue weighted by atomic mass is 9.98. The zero-order valence-electron chi connectivity index (χ0n) is 16.4. The minimum Gasteiger partial charge on any atom is -0.378 e. The van der Waals surface area contributed by atoms with E-state index in [0.29, 0.717) is 6.42 Å². The Hall–Kier alpha value is -2.17. The number of hydrogen-bond donors (Lipinski definition) is 0. The topological polar surface area (TPSA) is 32.8 Å². The molecule has 0 spiro atoms. The fourth-order valence-electron chi connectivity index (χ4n) is 3.91. The molecule has 1 amide bonds. The van der Waals surface area contributed by atoms with Crippen LogP contribution in [0.3, 0.4) is 0 Å². The Morgan fingerprint density at radius 1 is 1.11 bits per heavy atom. The van der Waals surface area contributed by atoms with Crippen LogP contribution in [0.1, 0.15) is 25.3 Å². The maximum absolute atomic E-state index is 12.7. The van der Waals surface area contributed by atoms with Gasteiger partial charge in [-0.1, -0.05) is 55.5 Å². The molecule has 0 bridgehead atoms. The molecule has 1 heterocycles. The normalized spacial score (nSPS) is 20.4. The van der Waals surface area contributed by atoms with Crippen LogP contribution in [0.25, 0.3) is 0 Å². The van der Waals surface area contributed by atoms with E-state index in [-0.39, 0.29) is 18.1 Å². The molecule has 4 heteroatoms. The first-order valence-corrected chi connectivity index (χ1v) is 9.89. The van der Waals surface area contributed by atoms with Gasteiger partial charge in [0.15, 0.2) is 0 Å². The van der Waals surface area contributed by atoms with Gasteiger partial charge in [-0.2, -0.15) is 0 Å². The standard InChI is InChI=1S/C23H30N2O2/c1-3-23(26)25(20-12-8-5-9-13-20)21-15-17-24(18-22(21)27-2)16-14-19-10-6-4-7-11-19/h4-13,21-22H,3,14-18H2,1-2H3. The zero-order valence-corrected chi connectivity index (χ0v) is 16.4. The van der Waals surface area contributed by atoms with Gasteiger partial charge in [0.1, 0.15) is 0 Å². The molecule has 144 valence electrons. The highest BCUT2D eigenvalue weighted by Crippen LogP contribution is 2.26. The zero-order chi connectivity index (χ0) is 19.1. The van der Waals surface area contributed by atoms with Gasteiger partial charge in [-0.25, -0.2) is 0 Å². The fraction of sp³-hybridized carbons (Fsp3) is 0.435. The third kappa shape index (κ3) is 4.96. The molecule has 2 unspecified atom stereocenters. The lowest BCUT2D eigenvalue weighted by molar-refractivity contribution is -0.120. The molecular weight excluding hydrogens is 336 g/mol. The Balaban J connectivity index is 1.68. The van der Waals surface area contributed by atoms with E-state index in [2.05, 4.69) is 35.2 Å². The molecule has 0 aromatic heterocycles. The number of likely N-dealkylation sites (tertiary alicyclic amines) is 1. The summed E-state index contributed by atoms with van der Waals surface area (Å²) in [4.78, 5) is 17.1. The van der Waals surface area contributed by atoms with Crippen LogP contribution in [0.4, 0.5) is 5.69 Å². The van der Waals surface area contributed by atoms with Gasteiger partial charge in [0, 0.05) is 38.9 Å². The predicted octanol–water partition coefficient (Wildman–Crippen LogP) is 3.76. The molecule has 0 aliphatic carbocycles. The van der Waals surface area contributed by atoms with E-state index in [1.54, 1.807) is 7.11 Å². The molecule has 3 rings (SSSR count). The minimum absolute atomic E-state index is 0.0187. The first-order valence-electron chi connectivity index (χ1n) is 9.89. The van der Waals surface area contributed by atoms with Crippen LogP contribution in [-0.4, -0.2) is 49.7 Å². The average molecular weight is 367 g/mol. The van der Waals surface area contributed by atoms with Crippen molar-refractivity contribution >= 4 is 11.6 Å². The molecule has 0 N–H and O–H groups in total. The highest BCUT2D eigenvalue weighted by molar-refractivity contribution is 5.93. The van der Waals surface area contributed by atoms with Crippen molar-refractivity contribution < 1.29 is 9.53 Å². The van der Waals surface area contributed by atoms with Crippen LogP contribution in [0.2, 0.25) is 0 Å². The van der Waals surface area contributed by atoms with Crippen molar-refractivity contribution in [3.63, 3.8) is 0 Å². The number of ether oxygens (including phenoxy) is 1. The first-order chi connectivity index (χ1) is 13.2. The number of benzene rings is 2. The minimum atomic E-state index is 0.0187. The van der Waals surface area contributed by atoms with Crippen molar-refractivity contribution in [1.29, 1.82) is 0 Å². The van der Waals surface area contributed by atoms with Gasteiger partial charge in [-0.05, 0) is 30.5 Å². The quantitative estimate of drug-likeness (QED) is 0.748. The Morgan fingerprint density at radius 3 is 2.41 bits per heavy atom. The number of hydrogen-bond acceptors (Lipinski definition) is 3. The number of nitrogens with zero attached hydrogens (tertiary/aromatic N) is 2. The van der Waals surface area contributed by atoms with Crippen molar-refractivity contribution in [1.82, 2.24) is 4.90 Å². The van der Waals surface area contributed by atoms with Crippen LogP contribution >= 0.6 is 0 Å². The van der Waals surface area contributed by atoms with E-state index in [1.165, 1.54) is 5.56 Å².